The molecule has 0 aromatic carbocycles. The average Bonchev–Trinajstić information content (AvgIpc) is 2.68. The smallest absolute Gasteiger partial charge is 0.263 e. The zero-order chi connectivity index (χ0) is 9.19. The molecule has 0 heterocycles. The summed E-state index contributed by atoms with van der Waals surface area (Å²) in [7, 11) is 0. The van der Waals surface area contributed by atoms with Gasteiger partial charge in [-0.2, -0.15) is 0 Å². The third kappa shape index (κ3) is 2.18. The van der Waals surface area contributed by atoms with E-state index in [-0.39, 0.29) is 6.61 Å². The molecule has 1 saturated carbocycles. The molecule has 0 radical (unpaired) electrons. The van der Waals surface area contributed by atoms with Gasteiger partial charge in [-0.3, -0.25) is 14.4 Å². The fourth-order valence-corrected chi connectivity index (χ4v) is 0.636. The topological polar surface area (TPSA) is 107 Å². The van der Waals surface area contributed by atoms with Crippen molar-refractivity contribution >= 4 is 11.8 Å². The van der Waals surface area contributed by atoms with Gasteiger partial charge in [-0.1, -0.05) is 0 Å². The van der Waals surface area contributed by atoms with Crippen molar-refractivity contribution < 1.29 is 14.4 Å². The van der Waals surface area contributed by atoms with Crippen molar-refractivity contribution in [3.63, 3.8) is 0 Å². The quantitative estimate of drug-likeness (QED) is 0.428. The molecular formula is C6H11N3O3. The highest BCUT2D eigenvalue weighted by atomic mass is 16.7. The van der Waals surface area contributed by atoms with E-state index in [1.54, 1.807) is 0 Å². The molecular weight excluding hydrogens is 162 g/mol. The number of carbonyl (C=O) groups excluding carboxylic acids is 2. The maximum absolute atomic E-state index is 11.0. The van der Waals surface area contributed by atoms with Crippen LogP contribution in [0.5, 0.6) is 0 Å². The molecule has 0 aromatic rings. The standard InChI is InChI=1S/C6H11N3O3/c7-4(10)3-12-9-5(11)6(8)1-2-6/h1-3,8H2,(H2,7,10)(H,9,11). The van der Waals surface area contributed by atoms with Crippen LogP contribution in [0.4, 0.5) is 0 Å². The highest BCUT2D eigenvalue weighted by Gasteiger charge is 2.46. The summed E-state index contributed by atoms with van der Waals surface area (Å²) in [6.07, 6.45) is 1.30. The number of nitrogens with two attached hydrogens (primary N) is 2. The van der Waals surface area contributed by atoms with Gasteiger partial charge in [0.15, 0.2) is 6.61 Å². The summed E-state index contributed by atoms with van der Waals surface area (Å²) >= 11 is 0. The van der Waals surface area contributed by atoms with E-state index in [9.17, 15) is 9.59 Å². The molecule has 6 nitrogen and oxygen atoms in total. The second-order valence-electron chi connectivity index (χ2n) is 2.84. The monoisotopic (exact) mass is 173 g/mol. The maximum atomic E-state index is 11.0. The van der Waals surface area contributed by atoms with Gasteiger partial charge < -0.3 is 11.5 Å². The van der Waals surface area contributed by atoms with Gasteiger partial charge in [0.1, 0.15) is 0 Å². The molecule has 2 amide bonds. The molecule has 0 atom stereocenters. The zero-order valence-electron chi connectivity index (χ0n) is 6.50. The molecule has 68 valence electrons. The highest BCUT2D eigenvalue weighted by Crippen LogP contribution is 2.31. The Morgan fingerprint density at radius 3 is 2.50 bits per heavy atom. The van der Waals surface area contributed by atoms with Crippen LogP contribution in [0.3, 0.4) is 0 Å². The van der Waals surface area contributed by atoms with Gasteiger partial charge in [0.05, 0.1) is 5.54 Å². The van der Waals surface area contributed by atoms with Gasteiger partial charge in [0.2, 0.25) is 5.91 Å². The van der Waals surface area contributed by atoms with Crippen LogP contribution in [0.25, 0.3) is 0 Å². The first-order chi connectivity index (χ1) is 5.54. The Kier molecular flexibility index (Phi) is 2.30. The predicted octanol–water partition coefficient (Wildman–Crippen LogP) is -1.99. The minimum Gasteiger partial charge on any atom is -0.368 e. The Morgan fingerprint density at radius 1 is 1.50 bits per heavy atom. The van der Waals surface area contributed by atoms with Crippen LogP contribution in [-0.4, -0.2) is 24.0 Å². The van der Waals surface area contributed by atoms with E-state index in [0.717, 1.165) is 0 Å². The Hall–Kier alpha value is -1.14. The molecule has 12 heavy (non-hydrogen) atoms. The van der Waals surface area contributed by atoms with Gasteiger partial charge >= 0.3 is 0 Å². The molecule has 1 aliphatic carbocycles. The minimum atomic E-state index is -0.780. The van der Waals surface area contributed by atoms with E-state index in [0.29, 0.717) is 12.8 Å². The molecule has 6 heteroatoms. The van der Waals surface area contributed by atoms with Gasteiger partial charge in [-0.05, 0) is 12.8 Å². The largest absolute Gasteiger partial charge is 0.368 e. The van der Waals surface area contributed by atoms with Crippen LogP contribution in [0.2, 0.25) is 0 Å². The lowest BCUT2D eigenvalue weighted by Crippen LogP contribution is -2.43. The fraction of sp³-hybridized carbons (Fsp3) is 0.667. The second kappa shape index (κ2) is 3.08. The molecule has 1 aliphatic rings. The lowest BCUT2D eigenvalue weighted by Gasteiger charge is -2.08. The first-order valence-electron chi connectivity index (χ1n) is 3.54. The van der Waals surface area contributed by atoms with Crippen molar-refractivity contribution in [2.45, 2.75) is 18.4 Å². The maximum Gasteiger partial charge on any atom is 0.263 e. The number of hydrogen-bond acceptors (Lipinski definition) is 4. The van der Waals surface area contributed by atoms with Crippen molar-refractivity contribution in [1.82, 2.24) is 5.48 Å². The first kappa shape index (κ1) is 8.95. The molecule has 1 fully saturated rings. The van der Waals surface area contributed by atoms with Crippen LogP contribution < -0.4 is 16.9 Å². The van der Waals surface area contributed by atoms with Crippen molar-refractivity contribution in [2.75, 3.05) is 6.61 Å². The number of amides is 2. The summed E-state index contributed by atoms with van der Waals surface area (Å²) in [6, 6.07) is 0. The summed E-state index contributed by atoms with van der Waals surface area (Å²) in [5.41, 5.74) is 11.5. The molecule has 0 spiro atoms. The molecule has 5 N–H and O–H groups in total. The van der Waals surface area contributed by atoms with E-state index in [1.807, 2.05) is 0 Å². The summed E-state index contributed by atoms with van der Waals surface area (Å²) in [6.45, 7) is -0.332. The summed E-state index contributed by atoms with van der Waals surface area (Å²) in [5, 5.41) is 0. The number of rotatable bonds is 4. The third-order valence-corrected chi connectivity index (χ3v) is 1.62. The van der Waals surface area contributed by atoms with Crippen LogP contribution in [0.1, 0.15) is 12.8 Å². The van der Waals surface area contributed by atoms with Gasteiger partial charge in [-0.25, -0.2) is 5.48 Å². The van der Waals surface area contributed by atoms with Crippen molar-refractivity contribution in [3.05, 3.63) is 0 Å². The van der Waals surface area contributed by atoms with Crippen LogP contribution in [0, 0.1) is 0 Å². The lowest BCUT2D eigenvalue weighted by molar-refractivity contribution is -0.139. The number of hydroxylamine groups is 1. The number of carbonyl (C=O) groups is 2. The van der Waals surface area contributed by atoms with Gasteiger partial charge in [0, 0.05) is 0 Å². The zero-order valence-corrected chi connectivity index (χ0v) is 6.50. The van der Waals surface area contributed by atoms with Gasteiger partial charge in [-0.15, -0.1) is 0 Å². The number of primary amides is 1. The average molecular weight is 173 g/mol. The molecule has 0 unspecified atom stereocenters. The normalized spacial score (nSPS) is 18.4. The van der Waals surface area contributed by atoms with E-state index >= 15 is 0 Å². The van der Waals surface area contributed by atoms with Crippen LogP contribution in [0.15, 0.2) is 0 Å². The third-order valence-electron chi connectivity index (χ3n) is 1.62. The highest BCUT2D eigenvalue weighted by molar-refractivity contribution is 5.88. The molecule has 0 aromatic heterocycles. The lowest BCUT2D eigenvalue weighted by atomic mass is 10.3. The summed E-state index contributed by atoms with van der Waals surface area (Å²) < 4.78 is 0. The molecule has 0 saturated heterocycles. The van der Waals surface area contributed by atoms with Crippen molar-refractivity contribution in [3.8, 4) is 0 Å². The Balaban J connectivity index is 2.15. The predicted molar refractivity (Wildman–Crippen MR) is 39.4 cm³/mol. The van der Waals surface area contributed by atoms with Crippen LogP contribution in [-0.2, 0) is 14.4 Å². The number of nitrogens with one attached hydrogen (secondary N) is 1. The Bertz CT molecular complexity index is 212. The fourth-order valence-electron chi connectivity index (χ4n) is 0.636. The first-order valence-corrected chi connectivity index (χ1v) is 3.54. The van der Waals surface area contributed by atoms with E-state index in [1.165, 1.54) is 0 Å². The summed E-state index contributed by atoms with van der Waals surface area (Å²) in [5.74, 6) is -1.04. The van der Waals surface area contributed by atoms with Crippen LogP contribution >= 0.6 is 0 Å². The minimum absolute atomic E-state index is 0.332. The van der Waals surface area contributed by atoms with Gasteiger partial charge in [0.25, 0.3) is 5.91 Å². The molecule has 0 bridgehead atoms. The summed E-state index contributed by atoms with van der Waals surface area (Å²) in [4.78, 5) is 25.6. The van der Waals surface area contributed by atoms with E-state index in [2.05, 4.69) is 10.3 Å². The molecule has 0 aliphatic heterocycles. The van der Waals surface area contributed by atoms with Crippen molar-refractivity contribution in [1.29, 1.82) is 0 Å². The van der Waals surface area contributed by atoms with E-state index < -0.39 is 17.4 Å². The number of hydrogen-bond donors (Lipinski definition) is 3. The molecule has 1 rings (SSSR count). The Labute approximate surface area is 69.2 Å². The van der Waals surface area contributed by atoms with E-state index in [4.69, 9.17) is 11.5 Å². The Morgan fingerprint density at radius 2 is 2.08 bits per heavy atom. The van der Waals surface area contributed by atoms with Crippen molar-refractivity contribution in [2.24, 2.45) is 11.5 Å². The second-order valence-corrected chi connectivity index (χ2v) is 2.84. The SMILES string of the molecule is NC(=O)CONC(=O)C1(N)CC1.